The maximum atomic E-state index is 12.9. The number of nitrogens with zero attached hydrogens (tertiary/aromatic N) is 2. The first-order valence-corrected chi connectivity index (χ1v) is 8.27. The first-order valence-electron chi connectivity index (χ1n) is 7.45. The Morgan fingerprint density at radius 3 is 2.71 bits per heavy atom. The summed E-state index contributed by atoms with van der Waals surface area (Å²) in [5.41, 5.74) is -0.454. The maximum Gasteiger partial charge on any atom is 0.436 e. The van der Waals surface area contributed by atoms with Gasteiger partial charge < -0.3 is 4.74 Å². The molecule has 0 saturated carbocycles. The summed E-state index contributed by atoms with van der Waals surface area (Å²) in [6, 6.07) is 4.91. The highest BCUT2D eigenvalue weighted by Crippen LogP contribution is 2.30. The maximum absolute atomic E-state index is 12.9. The van der Waals surface area contributed by atoms with E-state index in [2.05, 4.69) is 4.99 Å². The average molecular weight is 358 g/mol. The summed E-state index contributed by atoms with van der Waals surface area (Å²) >= 11 is 1.26. The van der Waals surface area contributed by atoms with Crippen LogP contribution in [0.1, 0.15) is 30.7 Å². The number of halogens is 3. The van der Waals surface area contributed by atoms with E-state index in [-0.39, 0.29) is 11.4 Å². The zero-order valence-corrected chi connectivity index (χ0v) is 14.1. The summed E-state index contributed by atoms with van der Waals surface area (Å²) in [7, 11) is 0. The number of aryl methyl sites for hydroxylation is 1. The van der Waals surface area contributed by atoms with E-state index >= 15 is 0 Å². The van der Waals surface area contributed by atoms with Gasteiger partial charge in [0.25, 0.3) is 0 Å². The third-order valence-electron chi connectivity index (χ3n) is 3.10. The van der Waals surface area contributed by atoms with Crippen LogP contribution in [0.4, 0.5) is 18.0 Å². The van der Waals surface area contributed by atoms with Crippen LogP contribution in [0.25, 0.3) is 5.69 Å². The molecule has 0 saturated heterocycles. The van der Waals surface area contributed by atoms with Gasteiger partial charge >= 0.3 is 12.3 Å². The Bertz CT molecular complexity index is 778. The van der Waals surface area contributed by atoms with E-state index < -0.39 is 17.8 Å². The number of benzene rings is 1. The molecule has 0 radical (unpaired) electrons. The van der Waals surface area contributed by atoms with Crippen LogP contribution in [-0.2, 0) is 17.3 Å². The summed E-state index contributed by atoms with van der Waals surface area (Å²) in [6.07, 6.45) is -1.86. The monoisotopic (exact) mass is 358 g/mol. The van der Waals surface area contributed by atoms with Crippen molar-refractivity contribution in [2.24, 2.45) is 4.99 Å². The van der Waals surface area contributed by atoms with Crippen LogP contribution < -0.4 is 4.80 Å². The van der Waals surface area contributed by atoms with Gasteiger partial charge in [0.05, 0.1) is 12.2 Å². The number of alkyl halides is 3. The average Bonchev–Trinajstić information content (AvgIpc) is 2.89. The van der Waals surface area contributed by atoms with E-state index in [1.807, 2.05) is 6.92 Å². The summed E-state index contributed by atoms with van der Waals surface area (Å²) in [4.78, 5) is 16.7. The number of hydrogen-bond donors (Lipinski definition) is 0. The molecule has 2 rings (SSSR count). The quantitative estimate of drug-likeness (QED) is 0.804. The highest BCUT2D eigenvalue weighted by atomic mass is 32.1. The summed E-state index contributed by atoms with van der Waals surface area (Å²) < 4.78 is 45.0. The number of carbonyl (C=O) groups excluding carboxylic acids is 1. The van der Waals surface area contributed by atoms with Gasteiger partial charge in [0.2, 0.25) is 4.80 Å². The van der Waals surface area contributed by atoms with Crippen molar-refractivity contribution < 1.29 is 22.7 Å². The van der Waals surface area contributed by atoms with E-state index in [0.717, 1.165) is 29.9 Å². The Labute approximate surface area is 141 Å². The normalized spacial score (nSPS) is 12.5. The lowest BCUT2D eigenvalue weighted by atomic mass is 10.2. The first kappa shape index (κ1) is 18.3. The van der Waals surface area contributed by atoms with Gasteiger partial charge in [-0.3, -0.25) is 4.57 Å². The molecule has 2 aromatic rings. The molecule has 0 N–H and O–H groups in total. The molecule has 0 aliphatic rings. The number of thiazole rings is 1. The minimum absolute atomic E-state index is 0.180. The summed E-state index contributed by atoms with van der Waals surface area (Å²) in [6.45, 7) is 3.83. The molecule has 8 heteroatoms. The number of rotatable bonds is 4. The first-order chi connectivity index (χ1) is 11.3. The van der Waals surface area contributed by atoms with Gasteiger partial charge in [-0.1, -0.05) is 19.4 Å². The van der Waals surface area contributed by atoms with Crippen molar-refractivity contribution in [3.63, 3.8) is 0 Å². The van der Waals surface area contributed by atoms with Gasteiger partial charge in [-0.05, 0) is 31.5 Å². The smallest absolute Gasteiger partial charge is 0.436 e. The Balaban J connectivity index is 2.54. The minimum atomic E-state index is -4.43. The molecule has 1 heterocycles. The third kappa shape index (κ3) is 4.47. The zero-order chi connectivity index (χ0) is 17.7. The van der Waals surface area contributed by atoms with Gasteiger partial charge in [0.15, 0.2) is 0 Å². The lowest BCUT2D eigenvalue weighted by Gasteiger charge is -2.09. The van der Waals surface area contributed by atoms with Gasteiger partial charge in [-0.2, -0.15) is 13.2 Å². The molecule has 0 aliphatic heterocycles. The largest absolute Gasteiger partial charge is 0.448 e. The zero-order valence-electron chi connectivity index (χ0n) is 13.3. The van der Waals surface area contributed by atoms with Crippen LogP contribution >= 0.6 is 11.3 Å². The lowest BCUT2D eigenvalue weighted by Crippen LogP contribution is -2.16. The molecule has 1 aromatic carbocycles. The van der Waals surface area contributed by atoms with Crippen molar-refractivity contribution in [2.75, 3.05) is 6.61 Å². The molecule has 1 aromatic heterocycles. The highest BCUT2D eigenvalue weighted by molar-refractivity contribution is 7.09. The van der Waals surface area contributed by atoms with Crippen LogP contribution in [0.5, 0.6) is 0 Å². The van der Waals surface area contributed by atoms with Crippen molar-refractivity contribution >= 4 is 17.4 Å². The van der Waals surface area contributed by atoms with Crippen molar-refractivity contribution in [3.05, 3.63) is 45.7 Å². The van der Waals surface area contributed by atoms with E-state index in [1.54, 1.807) is 19.2 Å². The SMILES string of the molecule is CCCc1cn(-c2cccc(C(F)(F)F)c2)/c(=N\C(=O)OCC)s1. The standard InChI is InChI=1S/C16H17F3N2O2S/c1-3-6-13-10-21(14(24-13)20-15(22)23-4-2)12-8-5-7-11(9-12)16(17,18)19/h5,7-10H,3-4,6H2,1-2H3/b20-14+. The fraction of sp³-hybridized carbons (Fsp3) is 0.375. The van der Waals surface area contributed by atoms with E-state index in [1.165, 1.54) is 22.0 Å². The van der Waals surface area contributed by atoms with Gasteiger partial charge in [0, 0.05) is 16.8 Å². The van der Waals surface area contributed by atoms with Crippen molar-refractivity contribution in [2.45, 2.75) is 32.9 Å². The van der Waals surface area contributed by atoms with Crippen molar-refractivity contribution in [1.29, 1.82) is 0 Å². The Morgan fingerprint density at radius 2 is 2.08 bits per heavy atom. The van der Waals surface area contributed by atoms with Crippen molar-refractivity contribution in [3.8, 4) is 5.69 Å². The fourth-order valence-electron chi connectivity index (χ4n) is 2.08. The number of amides is 1. The van der Waals surface area contributed by atoms with E-state index in [0.29, 0.717) is 5.69 Å². The predicted molar refractivity (Wildman–Crippen MR) is 85.2 cm³/mol. The number of hydrogen-bond acceptors (Lipinski definition) is 3. The van der Waals surface area contributed by atoms with Crippen LogP contribution in [0.15, 0.2) is 35.5 Å². The molecule has 24 heavy (non-hydrogen) atoms. The van der Waals surface area contributed by atoms with Crippen LogP contribution in [0.3, 0.4) is 0 Å². The lowest BCUT2D eigenvalue weighted by molar-refractivity contribution is -0.137. The molecule has 0 bridgehead atoms. The number of carbonyl (C=O) groups is 1. The Morgan fingerprint density at radius 1 is 1.33 bits per heavy atom. The Hall–Kier alpha value is -2.09. The van der Waals surface area contributed by atoms with Crippen LogP contribution in [0, 0.1) is 0 Å². The van der Waals surface area contributed by atoms with Crippen LogP contribution in [0.2, 0.25) is 0 Å². The summed E-state index contributed by atoms with van der Waals surface area (Å²) in [5, 5.41) is 0. The molecular weight excluding hydrogens is 341 g/mol. The van der Waals surface area contributed by atoms with Gasteiger partial charge in [-0.25, -0.2) is 4.79 Å². The molecular formula is C16H17F3N2O2S. The molecule has 0 unspecified atom stereocenters. The second-order valence-electron chi connectivity index (χ2n) is 4.96. The summed E-state index contributed by atoms with van der Waals surface area (Å²) in [5.74, 6) is 0. The second kappa shape index (κ2) is 7.65. The molecule has 0 spiro atoms. The molecule has 0 aliphatic carbocycles. The number of aromatic nitrogens is 1. The van der Waals surface area contributed by atoms with Crippen molar-refractivity contribution in [1.82, 2.24) is 4.57 Å². The number of ether oxygens (including phenoxy) is 1. The second-order valence-corrected chi connectivity index (χ2v) is 6.05. The van der Waals surface area contributed by atoms with Gasteiger partial charge in [-0.15, -0.1) is 16.3 Å². The molecule has 0 fully saturated rings. The predicted octanol–water partition coefficient (Wildman–Crippen LogP) is 4.57. The fourth-order valence-corrected chi connectivity index (χ4v) is 3.16. The third-order valence-corrected chi connectivity index (χ3v) is 4.15. The molecule has 130 valence electrons. The minimum Gasteiger partial charge on any atom is -0.448 e. The highest BCUT2D eigenvalue weighted by Gasteiger charge is 2.30. The Kier molecular flexibility index (Phi) is 5.82. The molecule has 1 amide bonds. The van der Waals surface area contributed by atoms with E-state index in [9.17, 15) is 18.0 Å². The molecule has 0 atom stereocenters. The van der Waals surface area contributed by atoms with Gasteiger partial charge in [0.1, 0.15) is 0 Å². The van der Waals surface area contributed by atoms with Crippen LogP contribution in [-0.4, -0.2) is 17.3 Å². The van der Waals surface area contributed by atoms with E-state index in [4.69, 9.17) is 4.74 Å². The topological polar surface area (TPSA) is 43.6 Å². The molecule has 4 nitrogen and oxygen atoms in total.